The molecule has 5 nitrogen and oxygen atoms in total. The molecule has 0 aliphatic rings. The third-order valence-electron chi connectivity index (χ3n) is 3.85. The summed E-state index contributed by atoms with van der Waals surface area (Å²) in [7, 11) is 0. The highest BCUT2D eigenvalue weighted by molar-refractivity contribution is 6.05. The molecule has 0 atom stereocenters. The molecular weight excluding hydrogens is 385 g/mol. The number of hydrogen-bond acceptors (Lipinski definition) is 4. The lowest BCUT2D eigenvalue weighted by molar-refractivity contribution is -0.274. The fraction of sp³-hybridized carbons (Fsp3) is 0.143. The van der Waals surface area contributed by atoms with Gasteiger partial charge in [-0.2, -0.15) is 0 Å². The lowest BCUT2D eigenvalue weighted by atomic mass is 10.1. The molecule has 1 amide bonds. The smallest absolute Gasteiger partial charge is 0.457 e. The summed E-state index contributed by atoms with van der Waals surface area (Å²) in [5.41, 5.74) is 2.41. The molecule has 0 saturated heterocycles. The molecule has 3 aromatic rings. The Balaban J connectivity index is 1.68. The van der Waals surface area contributed by atoms with Gasteiger partial charge in [0.25, 0.3) is 5.91 Å². The van der Waals surface area contributed by atoms with Crippen LogP contribution in [-0.4, -0.2) is 17.3 Å². The van der Waals surface area contributed by atoms with Crippen molar-refractivity contribution < 1.29 is 27.4 Å². The Hall–Kier alpha value is -3.55. The van der Waals surface area contributed by atoms with Crippen LogP contribution in [0.1, 0.15) is 21.7 Å². The van der Waals surface area contributed by atoms with Crippen LogP contribution in [-0.2, 0) is 0 Å². The number of rotatable bonds is 5. The number of anilines is 1. The molecule has 1 aromatic heterocycles. The van der Waals surface area contributed by atoms with Crippen LogP contribution >= 0.6 is 0 Å². The van der Waals surface area contributed by atoms with Crippen LogP contribution in [0, 0.1) is 13.8 Å². The largest absolute Gasteiger partial charge is 0.573 e. The molecule has 0 radical (unpaired) electrons. The van der Waals surface area contributed by atoms with Crippen LogP contribution in [0.3, 0.4) is 0 Å². The maximum atomic E-state index is 12.5. The van der Waals surface area contributed by atoms with Crippen molar-refractivity contribution in [2.24, 2.45) is 0 Å². The number of aryl methyl sites for hydroxylation is 2. The van der Waals surface area contributed by atoms with E-state index in [-0.39, 0.29) is 11.7 Å². The number of alkyl halides is 3. The van der Waals surface area contributed by atoms with E-state index in [2.05, 4.69) is 15.0 Å². The number of carbonyl (C=O) groups excluding carboxylic acids is 1. The number of carbonyl (C=O) groups is 1. The summed E-state index contributed by atoms with van der Waals surface area (Å²) in [6.45, 7) is 3.60. The summed E-state index contributed by atoms with van der Waals surface area (Å²) in [5.74, 6) is 0.0846. The lowest BCUT2D eigenvalue weighted by Gasteiger charge is -2.11. The van der Waals surface area contributed by atoms with Crippen molar-refractivity contribution in [3.8, 4) is 17.2 Å². The second-order valence-electron chi connectivity index (χ2n) is 6.19. The molecule has 3 rings (SSSR count). The molecule has 0 saturated carbocycles. The van der Waals surface area contributed by atoms with Crippen molar-refractivity contribution in [1.82, 2.24) is 4.98 Å². The average Bonchev–Trinajstić information content (AvgIpc) is 2.62. The predicted molar refractivity (Wildman–Crippen MR) is 101 cm³/mol. The molecule has 8 heteroatoms. The summed E-state index contributed by atoms with van der Waals surface area (Å²) < 4.78 is 46.1. The molecule has 150 valence electrons. The Labute approximate surface area is 165 Å². The van der Waals surface area contributed by atoms with Crippen LogP contribution in [0.2, 0.25) is 0 Å². The minimum absolute atomic E-state index is 0.305. The van der Waals surface area contributed by atoms with Gasteiger partial charge in [0.1, 0.15) is 17.2 Å². The summed E-state index contributed by atoms with van der Waals surface area (Å²) in [4.78, 5) is 16.7. The van der Waals surface area contributed by atoms with Gasteiger partial charge in [-0.25, -0.2) is 0 Å². The minimum Gasteiger partial charge on any atom is -0.457 e. The van der Waals surface area contributed by atoms with E-state index >= 15 is 0 Å². The Morgan fingerprint density at radius 3 is 2.28 bits per heavy atom. The van der Waals surface area contributed by atoms with Gasteiger partial charge in [-0.15, -0.1) is 13.2 Å². The average molecular weight is 402 g/mol. The summed E-state index contributed by atoms with van der Waals surface area (Å²) in [6.07, 6.45) is -4.75. The van der Waals surface area contributed by atoms with E-state index < -0.39 is 6.36 Å². The fourth-order valence-electron chi connectivity index (χ4n) is 2.61. The number of halogens is 3. The molecule has 2 aromatic carbocycles. The van der Waals surface area contributed by atoms with Gasteiger partial charge in [-0.05, 0) is 62.4 Å². The monoisotopic (exact) mass is 402 g/mol. The van der Waals surface area contributed by atoms with E-state index in [1.807, 2.05) is 6.92 Å². The minimum atomic E-state index is -4.75. The van der Waals surface area contributed by atoms with E-state index in [1.54, 1.807) is 43.3 Å². The Bertz CT molecular complexity index is 1020. The maximum Gasteiger partial charge on any atom is 0.573 e. The van der Waals surface area contributed by atoms with Crippen LogP contribution in [0.15, 0.2) is 60.7 Å². The number of aromatic nitrogens is 1. The van der Waals surface area contributed by atoms with Gasteiger partial charge < -0.3 is 14.8 Å². The van der Waals surface area contributed by atoms with Crippen molar-refractivity contribution in [2.75, 3.05) is 5.32 Å². The molecule has 0 fully saturated rings. The number of hydrogen-bond donors (Lipinski definition) is 1. The molecule has 0 aliphatic heterocycles. The Morgan fingerprint density at radius 2 is 1.62 bits per heavy atom. The SMILES string of the molecule is Cc1ccc(C(=O)Nc2cccc(Oc3ccc(OC(F)(F)F)cc3)c2)c(C)n1. The summed E-state index contributed by atoms with van der Waals surface area (Å²) >= 11 is 0. The predicted octanol–water partition coefficient (Wildman–Crippen LogP) is 5.64. The third-order valence-corrected chi connectivity index (χ3v) is 3.85. The topological polar surface area (TPSA) is 60.5 Å². The highest BCUT2D eigenvalue weighted by Gasteiger charge is 2.31. The zero-order chi connectivity index (χ0) is 21.0. The van der Waals surface area contributed by atoms with Crippen LogP contribution < -0.4 is 14.8 Å². The first-order valence-electron chi connectivity index (χ1n) is 8.59. The molecule has 0 bridgehead atoms. The Kier molecular flexibility index (Phi) is 5.72. The number of ether oxygens (including phenoxy) is 2. The van der Waals surface area contributed by atoms with E-state index in [0.29, 0.717) is 28.4 Å². The van der Waals surface area contributed by atoms with E-state index in [0.717, 1.165) is 17.8 Å². The summed E-state index contributed by atoms with van der Waals surface area (Å²) in [5, 5.41) is 2.78. The van der Waals surface area contributed by atoms with Gasteiger partial charge in [-0.3, -0.25) is 9.78 Å². The van der Waals surface area contributed by atoms with Gasteiger partial charge in [-0.1, -0.05) is 6.07 Å². The maximum absolute atomic E-state index is 12.5. The van der Waals surface area contributed by atoms with Crippen molar-refractivity contribution in [1.29, 1.82) is 0 Å². The first kappa shape index (κ1) is 20.2. The van der Waals surface area contributed by atoms with Crippen molar-refractivity contribution in [3.63, 3.8) is 0 Å². The van der Waals surface area contributed by atoms with Gasteiger partial charge in [0, 0.05) is 17.4 Å². The second-order valence-corrected chi connectivity index (χ2v) is 6.19. The molecule has 0 unspecified atom stereocenters. The molecular formula is C21H17F3N2O3. The lowest BCUT2D eigenvalue weighted by Crippen LogP contribution is -2.16. The van der Waals surface area contributed by atoms with Crippen LogP contribution in [0.4, 0.5) is 18.9 Å². The number of benzene rings is 2. The Morgan fingerprint density at radius 1 is 0.931 bits per heavy atom. The van der Waals surface area contributed by atoms with Gasteiger partial charge in [0.15, 0.2) is 0 Å². The normalized spacial score (nSPS) is 11.1. The molecule has 0 aliphatic carbocycles. The number of pyridine rings is 1. The van der Waals surface area contributed by atoms with Gasteiger partial charge in [0.2, 0.25) is 0 Å². The van der Waals surface area contributed by atoms with Crippen LogP contribution in [0.5, 0.6) is 17.2 Å². The van der Waals surface area contributed by atoms with E-state index in [9.17, 15) is 18.0 Å². The molecule has 1 N–H and O–H groups in total. The van der Waals surface area contributed by atoms with E-state index in [4.69, 9.17) is 4.74 Å². The van der Waals surface area contributed by atoms with E-state index in [1.165, 1.54) is 12.1 Å². The standard InChI is InChI=1S/C21H17F3N2O3/c1-13-6-11-19(14(2)25-13)20(27)26-15-4-3-5-18(12-15)28-16-7-9-17(10-8-16)29-21(22,23)24/h3-12H,1-2H3,(H,26,27). The number of amides is 1. The zero-order valence-electron chi connectivity index (χ0n) is 15.6. The fourth-order valence-corrected chi connectivity index (χ4v) is 2.61. The first-order chi connectivity index (χ1) is 13.7. The number of nitrogens with zero attached hydrogens (tertiary/aromatic N) is 1. The van der Waals surface area contributed by atoms with Crippen molar-refractivity contribution in [2.45, 2.75) is 20.2 Å². The third kappa shape index (κ3) is 5.71. The number of nitrogens with one attached hydrogen (secondary N) is 1. The molecule has 0 spiro atoms. The van der Waals surface area contributed by atoms with Gasteiger partial charge >= 0.3 is 6.36 Å². The highest BCUT2D eigenvalue weighted by Crippen LogP contribution is 2.28. The van der Waals surface area contributed by atoms with Crippen molar-refractivity contribution in [3.05, 3.63) is 77.6 Å². The first-order valence-corrected chi connectivity index (χ1v) is 8.59. The second kappa shape index (κ2) is 8.22. The quantitative estimate of drug-likeness (QED) is 0.600. The molecule has 29 heavy (non-hydrogen) atoms. The molecule has 1 heterocycles. The zero-order valence-corrected chi connectivity index (χ0v) is 15.6. The van der Waals surface area contributed by atoms with Crippen molar-refractivity contribution >= 4 is 11.6 Å². The summed E-state index contributed by atoms with van der Waals surface area (Å²) in [6, 6.07) is 15.1. The van der Waals surface area contributed by atoms with Crippen LogP contribution in [0.25, 0.3) is 0 Å². The highest BCUT2D eigenvalue weighted by atomic mass is 19.4. The van der Waals surface area contributed by atoms with Gasteiger partial charge in [0.05, 0.1) is 11.3 Å².